The van der Waals surface area contributed by atoms with Gasteiger partial charge < -0.3 is 15.0 Å². The third-order valence-corrected chi connectivity index (χ3v) is 3.72. The number of carbonyl (C=O) groups excluding carboxylic acids is 1. The van der Waals surface area contributed by atoms with E-state index in [4.69, 9.17) is 0 Å². The van der Waals surface area contributed by atoms with Gasteiger partial charge in [-0.1, -0.05) is 6.07 Å². The molecule has 0 spiro atoms. The molecule has 3 rings (SSSR count). The number of benzene rings is 1. The Kier molecular flexibility index (Phi) is 5.48. The molecule has 0 atom stereocenters. The van der Waals surface area contributed by atoms with E-state index < -0.39 is 30.5 Å². The topological polar surface area (TPSA) is 80.2 Å². The lowest BCUT2D eigenvalue weighted by Gasteiger charge is -2.17. The summed E-state index contributed by atoms with van der Waals surface area (Å²) >= 11 is 0. The van der Waals surface area contributed by atoms with Crippen molar-refractivity contribution in [2.45, 2.75) is 18.8 Å². The zero-order valence-corrected chi connectivity index (χ0v) is 14.5. The van der Waals surface area contributed by atoms with Gasteiger partial charge in [-0.2, -0.15) is 41.3 Å². The van der Waals surface area contributed by atoms with Crippen LogP contribution in [0.15, 0.2) is 24.3 Å². The molecule has 1 aliphatic rings. The van der Waals surface area contributed by atoms with Gasteiger partial charge in [-0.3, -0.25) is 4.79 Å². The van der Waals surface area contributed by atoms with Gasteiger partial charge in [0.15, 0.2) is 12.4 Å². The Balaban J connectivity index is 1.89. The van der Waals surface area contributed by atoms with Crippen molar-refractivity contribution in [3.05, 3.63) is 29.8 Å². The zero-order chi connectivity index (χ0) is 21.2. The molecule has 0 aliphatic carbocycles. The normalized spacial score (nSPS) is 15.0. The number of Topliss-reactive ketones (excluding diaryl/α,β-unsaturated/α-hetero) is 1. The van der Waals surface area contributed by atoms with Gasteiger partial charge in [-0.15, -0.1) is 0 Å². The van der Waals surface area contributed by atoms with Gasteiger partial charge in [-0.25, -0.2) is 0 Å². The van der Waals surface area contributed by atoms with E-state index in [2.05, 4.69) is 25.0 Å². The number of alkyl halides is 6. The number of halogens is 6. The first-order valence-corrected chi connectivity index (χ1v) is 8.16. The van der Waals surface area contributed by atoms with E-state index in [1.807, 2.05) is 0 Å². The highest BCUT2D eigenvalue weighted by Gasteiger charge is 2.31. The molecule has 1 fully saturated rings. The zero-order valence-electron chi connectivity index (χ0n) is 14.5. The number of hydrogen-bond acceptors (Lipinski definition) is 7. The molecular formula is C16H13F6N5O2. The van der Waals surface area contributed by atoms with Crippen LogP contribution in [0.4, 0.5) is 43.9 Å². The van der Waals surface area contributed by atoms with Crippen LogP contribution in [0.25, 0.3) is 0 Å². The maximum absolute atomic E-state index is 12.9. The second-order valence-corrected chi connectivity index (χ2v) is 6.06. The second-order valence-electron chi connectivity index (χ2n) is 6.06. The third kappa shape index (κ3) is 5.68. The number of hydrogen-bond donors (Lipinski definition) is 1. The first-order chi connectivity index (χ1) is 13.5. The Hall–Kier alpha value is -3.12. The molecule has 156 valence electrons. The van der Waals surface area contributed by atoms with Crippen LogP contribution in [-0.4, -0.2) is 46.6 Å². The Morgan fingerprint density at radius 3 is 2.48 bits per heavy atom. The van der Waals surface area contributed by atoms with Crippen molar-refractivity contribution < 1.29 is 35.9 Å². The number of carbonyl (C=O) groups is 1. The van der Waals surface area contributed by atoms with Crippen molar-refractivity contribution in [3.63, 3.8) is 0 Å². The van der Waals surface area contributed by atoms with E-state index >= 15 is 0 Å². The van der Waals surface area contributed by atoms with Crippen molar-refractivity contribution in [2.24, 2.45) is 0 Å². The number of aromatic nitrogens is 3. The number of nitrogens with one attached hydrogen (secondary N) is 1. The highest BCUT2D eigenvalue weighted by molar-refractivity contribution is 5.86. The minimum absolute atomic E-state index is 0.0451. The Morgan fingerprint density at radius 2 is 1.86 bits per heavy atom. The van der Waals surface area contributed by atoms with Crippen LogP contribution < -0.4 is 15.0 Å². The largest absolute Gasteiger partial charge is 0.454 e. The third-order valence-electron chi connectivity index (χ3n) is 3.72. The molecule has 13 heteroatoms. The molecule has 1 saturated heterocycles. The van der Waals surface area contributed by atoms with Gasteiger partial charge >= 0.3 is 18.4 Å². The van der Waals surface area contributed by atoms with E-state index in [1.165, 1.54) is 11.0 Å². The van der Waals surface area contributed by atoms with Crippen molar-refractivity contribution >= 4 is 23.4 Å². The summed E-state index contributed by atoms with van der Waals surface area (Å²) in [5, 5.41) is 2.49. The molecule has 1 aliphatic heterocycles. The van der Waals surface area contributed by atoms with Gasteiger partial charge in [0.25, 0.3) is 0 Å². The summed E-state index contributed by atoms with van der Waals surface area (Å²) in [6.07, 6.45) is -9.02. The Morgan fingerprint density at radius 1 is 1.10 bits per heavy atom. The van der Waals surface area contributed by atoms with Crippen molar-refractivity contribution in [2.75, 3.05) is 29.9 Å². The lowest BCUT2D eigenvalue weighted by molar-refractivity contribution is -0.154. The van der Waals surface area contributed by atoms with E-state index in [9.17, 15) is 31.1 Å². The summed E-state index contributed by atoms with van der Waals surface area (Å²) in [4.78, 5) is 24.3. The molecule has 0 bridgehead atoms. The lowest BCUT2D eigenvalue weighted by atomic mass is 10.2. The SMILES string of the molecule is O=C1CCN(c2nc(Nc3cccc(C(F)(F)F)c3)nc(OCC(F)(F)F)n2)C1. The monoisotopic (exact) mass is 421 g/mol. The molecule has 0 saturated carbocycles. The van der Waals surface area contributed by atoms with Crippen LogP contribution in [0, 0.1) is 0 Å². The summed E-state index contributed by atoms with van der Waals surface area (Å²) in [7, 11) is 0. The van der Waals surface area contributed by atoms with Crippen LogP contribution in [0.3, 0.4) is 0 Å². The van der Waals surface area contributed by atoms with E-state index in [0.29, 0.717) is 0 Å². The molecule has 2 heterocycles. The predicted octanol–water partition coefficient (Wildman–Crippen LogP) is 3.35. The fourth-order valence-electron chi connectivity index (χ4n) is 2.46. The minimum atomic E-state index is -4.65. The van der Waals surface area contributed by atoms with Gasteiger partial charge in [0.05, 0.1) is 12.1 Å². The number of rotatable bonds is 5. The molecule has 0 unspecified atom stereocenters. The molecule has 0 radical (unpaired) electrons. The molecule has 7 nitrogen and oxygen atoms in total. The maximum atomic E-state index is 12.9. The first-order valence-electron chi connectivity index (χ1n) is 8.16. The van der Waals surface area contributed by atoms with Crippen LogP contribution in [0.1, 0.15) is 12.0 Å². The van der Waals surface area contributed by atoms with Crippen LogP contribution in [0.2, 0.25) is 0 Å². The standard InChI is InChI=1S/C16H13F6N5O2/c17-15(18,19)8-29-14-25-12(24-13(26-14)27-5-4-11(28)7-27)23-10-3-1-2-9(6-10)16(20,21)22/h1-3,6H,4-5,7-8H2,(H,23,24,25,26). The quantitative estimate of drug-likeness (QED) is 0.742. The van der Waals surface area contributed by atoms with E-state index in [-0.39, 0.29) is 42.9 Å². The predicted molar refractivity (Wildman–Crippen MR) is 87.9 cm³/mol. The van der Waals surface area contributed by atoms with Crippen molar-refractivity contribution in [1.29, 1.82) is 0 Å². The summed E-state index contributed by atoms with van der Waals surface area (Å²) in [5.41, 5.74) is -0.980. The Bertz CT molecular complexity index is 902. The van der Waals surface area contributed by atoms with Crippen molar-refractivity contribution in [1.82, 2.24) is 15.0 Å². The average molecular weight is 421 g/mol. The van der Waals surface area contributed by atoms with Crippen LogP contribution in [0.5, 0.6) is 6.01 Å². The maximum Gasteiger partial charge on any atom is 0.422 e. The number of anilines is 3. The Labute approximate surface area is 159 Å². The van der Waals surface area contributed by atoms with E-state index in [1.54, 1.807) is 0 Å². The summed E-state index contributed by atoms with van der Waals surface area (Å²) in [6, 6.07) is 3.42. The summed E-state index contributed by atoms with van der Waals surface area (Å²) in [6.45, 7) is -1.48. The number of nitrogens with zero attached hydrogens (tertiary/aromatic N) is 4. The van der Waals surface area contributed by atoms with Crippen LogP contribution >= 0.6 is 0 Å². The number of ether oxygens (including phenoxy) is 1. The minimum Gasteiger partial charge on any atom is -0.454 e. The average Bonchev–Trinajstić information content (AvgIpc) is 3.05. The highest BCUT2D eigenvalue weighted by Crippen LogP contribution is 2.31. The molecule has 2 aromatic rings. The molecule has 1 N–H and O–H groups in total. The molecule has 0 amide bonds. The first kappa shape index (κ1) is 20.6. The van der Waals surface area contributed by atoms with Gasteiger partial charge in [-0.05, 0) is 18.2 Å². The summed E-state index contributed by atoms with van der Waals surface area (Å²) in [5.74, 6) is -0.570. The highest BCUT2D eigenvalue weighted by atomic mass is 19.4. The fourth-order valence-corrected chi connectivity index (χ4v) is 2.46. The number of ketones is 1. The second kappa shape index (κ2) is 7.72. The smallest absolute Gasteiger partial charge is 0.422 e. The fraction of sp³-hybridized carbons (Fsp3) is 0.375. The molecule has 1 aromatic heterocycles. The van der Waals surface area contributed by atoms with Gasteiger partial charge in [0, 0.05) is 18.7 Å². The van der Waals surface area contributed by atoms with Gasteiger partial charge in [0.1, 0.15) is 0 Å². The van der Waals surface area contributed by atoms with Gasteiger partial charge in [0.2, 0.25) is 11.9 Å². The van der Waals surface area contributed by atoms with E-state index in [0.717, 1.165) is 18.2 Å². The van der Waals surface area contributed by atoms with Crippen molar-refractivity contribution in [3.8, 4) is 6.01 Å². The molecular weight excluding hydrogens is 408 g/mol. The summed E-state index contributed by atoms with van der Waals surface area (Å²) < 4.78 is 80.4. The molecule has 29 heavy (non-hydrogen) atoms. The lowest BCUT2D eigenvalue weighted by Crippen LogP contribution is -2.24. The molecule has 1 aromatic carbocycles. The van der Waals surface area contributed by atoms with Crippen LogP contribution in [-0.2, 0) is 11.0 Å².